The van der Waals surface area contributed by atoms with E-state index in [-0.39, 0.29) is 35.4 Å². The van der Waals surface area contributed by atoms with Crippen molar-refractivity contribution in [1.29, 1.82) is 0 Å². The monoisotopic (exact) mass is 230 g/mol. The minimum atomic E-state index is -0.893. The van der Waals surface area contributed by atoms with Gasteiger partial charge >= 0.3 is 0 Å². The predicted octanol–water partition coefficient (Wildman–Crippen LogP) is -0.699. The fourth-order valence-electron chi connectivity index (χ4n) is 0.939. The second-order valence-corrected chi connectivity index (χ2v) is 2.57. The Morgan fingerprint density at radius 3 is 2.00 bits per heavy atom. The van der Waals surface area contributed by atoms with Crippen LogP contribution < -0.4 is 5.11 Å². The van der Waals surface area contributed by atoms with Crippen molar-refractivity contribution in [3.63, 3.8) is 0 Å². The molecule has 13 heavy (non-hydrogen) atoms. The first kappa shape index (κ1) is 23.1. The van der Waals surface area contributed by atoms with Gasteiger partial charge in [-0.3, -0.25) is 0 Å². The molecule has 0 rings (SSSR count). The number of unbranched alkanes of at least 4 members (excludes halogenated alkanes) is 1. The van der Waals surface area contributed by atoms with E-state index in [4.69, 9.17) is 0 Å². The molecule has 81 valence electrons. The number of aliphatic carboxylic acids is 1. The summed E-state index contributed by atoms with van der Waals surface area (Å²) in [5.74, 6) is -1.11. The SMILES string of the molecule is CCCCC(CC)C(=O)[O-].O.O.[V]. The van der Waals surface area contributed by atoms with Crippen molar-refractivity contribution >= 4 is 5.97 Å². The Labute approximate surface area is 91.2 Å². The molecule has 0 aliphatic rings. The van der Waals surface area contributed by atoms with Crippen molar-refractivity contribution < 1.29 is 39.4 Å². The van der Waals surface area contributed by atoms with Crippen LogP contribution in [0.5, 0.6) is 0 Å². The third-order valence-corrected chi connectivity index (χ3v) is 1.73. The van der Waals surface area contributed by atoms with Gasteiger partial charge < -0.3 is 20.9 Å². The zero-order valence-electron chi connectivity index (χ0n) is 8.17. The molecule has 1 radical (unpaired) electrons. The van der Waals surface area contributed by atoms with E-state index in [1.807, 2.05) is 6.92 Å². The van der Waals surface area contributed by atoms with Gasteiger partial charge in [0.25, 0.3) is 0 Å². The summed E-state index contributed by atoms with van der Waals surface area (Å²) in [6.45, 7) is 3.94. The first-order chi connectivity index (χ1) is 4.72. The molecular weight excluding hydrogens is 211 g/mol. The molecule has 4 N–H and O–H groups in total. The normalized spacial score (nSPS) is 10.0. The fraction of sp³-hybridized carbons (Fsp3) is 0.875. The van der Waals surface area contributed by atoms with Crippen LogP contribution in [0.4, 0.5) is 0 Å². The van der Waals surface area contributed by atoms with Gasteiger partial charge in [-0.1, -0.05) is 26.7 Å². The van der Waals surface area contributed by atoms with E-state index in [9.17, 15) is 9.90 Å². The summed E-state index contributed by atoms with van der Waals surface area (Å²) in [4.78, 5) is 10.3. The van der Waals surface area contributed by atoms with E-state index in [2.05, 4.69) is 6.92 Å². The molecule has 0 aliphatic heterocycles. The van der Waals surface area contributed by atoms with Crippen molar-refractivity contribution in [1.82, 2.24) is 0 Å². The van der Waals surface area contributed by atoms with Gasteiger partial charge in [0.05, 0.1) is 0 Å². The van der Waals surface area contributed by atoms with Gasteiger partial charge in [-0.05, 0) is 18.8 Å². The standard InChI is InChI=1S/C8H16O2.2H2O.V/c1-3-5-6-7(4-2)8(9)10;;;/h7H,3-6H2,1-2H3,(H,9,10);2*1H2;/p-1. The van der Waals surface area contributed by atoms with E-state index in [1.54, 1.807) is 0 Å². The quantitative estimate of drug-likeness (QED) is 0.623. The van der Waals surface area contributed by atoms with Crippen LogP contribution in [0.15, 0.2) is 0 Å². The maximum absolute atomic E-state index is 10.3. The van der Waals surface area contributed by atoms with Crippen molar-refractivity contribution in [2.75, 3.05) is 0 Å². The molecule has 0 aromatic carbocycles. The molecule has 0 saturated heterocycles. The molecule has 1 unspecified atom stereocenters. The van der Waals surface area contributed by atoms with Gasteiger partial charge in [-0.15, -0.1) is 0 Å². The second kappa shape index (κ2) is 14.5. The summed E-state index contributed by atoms with van der Waals surface area (Å²) in [5, 5.41) is 10.3. The van der Waals surface area contributed by atoms with E-state index < -0.39 is 5.97 Å². The number of carbonyl (C=O) groups is 1. The molecule has 0 heterocycles. The molecule has 0 aliphatic carbocycles. The maximum atomic E-state index is 10.3. The minimum Gasteiger partial charge on any atom is -0.550 e. The summed E-state index contributed by atoms with van der Waals surface area (Å²) >= 11 is 0. The fourth-order valence-corrected chi connectivity index (χ4v) is 0.939. The Hall–Kier alpha value is -0.0256. The van der Waals surface area contributed by atoms with E-state index in [0.29, 0.717) is 6.42 Å². The zero-order chi connectivity index (χ0) is 7.98. The zero-order valence-corrected chi connectivity index (χ0v) is 9.57. The van der Waals surface area contributed by atoms with Crippen LogP contribution in [0, 0.1) is 5.92 Å². The molecule has 0 amide bonds. The molecule has 0 aromatic heterocycles. The largest absolute Gasteiger partial charge is 0.550 e. The van der Waals surface area contributed by atoms with Crippen LogP contribution in [0.25, 0.3) is 0 Å². The number of carboxylic acids is 1. The molecule has 0 bridgehead atoms. The van der Waals surface area contributed by atoms with Crippen LogP contribution in [0.2, 0.25) is 0 Å². The van der Waals surface area contributed by atoms with Gasteiger partial charge in [0.15, 0.2) is 0 Å². The van der Waals surface area contributed by atoms with Crippen molar-refractivity contribution in [2.24, 2.45) is 5.92 Å². The van der Waals surface area contributed by atoms with Gasteiger partial charge in [0, 0.05) is 24.5 Å². The van der Waals surface area contributed by atoms with E-state index in [0.717, 1.165) is 19.3 Å². The number of carbonyl (C=O) groups excluding carboxylic acids is 1. The Kier molecular flexibility index (Phi) is 25.8. The number of rotatable bonds is 5. The molecule has 4 nitrogen and oxygen atoms in total. The first-order valence-corrected chi connectivity index (χ1v) is 3.93. The topological polar surface area (TPSA) is 103 Å². The Morgan fingerprint density at radius 1 is 1.31 bits per heavy atom. The maximum Gasteiger partial charge on any atom is 0.0445 e. The summed E-state index contributed by atoms with van der Waals surface area (Å²) in [6.07, 6.45) is 3.52. The smallest absolute Gasteiger partial charge is 0.0445 e. The van der Waals surface area contributed by atoms with Crippen molar-refractivity contribution in [3.05, 3.63) is 0 Å². The Morgan fingerprint density at radius 2 is 1.77 bits per heavy atom. The Balaban J connectivity index is -0.000000135. The second-order valence-electron chi connectivity index (χ2n) is 2.57. The summed E-state index contributed by atoms with van der Waals surface area (Å²) in [5.41, 5.74) is 0. The molecule has 0 aromatic rings. The van der Waals surface area contributed by atoms with Crippen LogP contribution in [0.1, 0.15) is 39.5 Å². The van der Waals surface area contributed by atoms with Gasteiger partial charge in [-0.2, -0.15) is 0 Å². The molecular formula is C8H19O4V-. The number of hydrogen-bond acceptors (Lipinski definition) is 2. The average Bonchev–Trinajstić information content (AvgIpc) is 1.89. The first-order valence-electron chi connectivity index (χ1n) is 3.93. The summed E-state index contributed by atoms with van der Waals surface area (Å²) in [6, 6.07) is 0. The summed E-state index contributed by atoms with van der Waals surface area (Å²) in [7, 11) is 0. The van der Waals surface area contributed by atoms with Gasteiger partial charge in [0.2, 0.25) is 0 Å². The van der Waals surface area contributed by atoms with Crippen LogP contribution in [-0.2, 0) is 23.4 Å². The Bertz CT molecular complexity index is 108. The molecule has 1 atom stereocenters. The molecule has 0 spiro atoms. The van der Waals surface area contributed by atoms with Gasteiger partial charge in [0.1, 0.15) is 0 Å². The molecule has 0 fully saturated rings. The predicted molar refractivity (Wildman–Crippen MR) is 45.5 cm³/mol. The van der Waals surface area contributed by atoms with E-state index >= 15 is 0 Å². The van der Waals surface area contributed by atoms with Crippen molar-refractivity contribution in [2.45, 2.75) is 39.5 Å². The van der Waals surface area contributed by atoms with Gasteiger partial charge in [-0.25, -0.2) is 0 Å². The molecule has 0 saturated carbocycles. The van der Waals surface area contributed by atoms with Crippen molar-refractivity contribution in [3.8, 4) is 0 Å². The third kappa shape index (κ3) is 12.0. The number of carboxylic acid groups (broad SMARTS) is 1. The summed E-state index contributed by atoms with van der Waals surface area (Å²) < 4.78 is 0. The molecule has 5 heteroatoms. The van der Waals surface area contributed by atoms with Crippen LogP contribution in [-0.4, -0.2) is 16.9 Å². The third-order valence-electron chi connectivity index (χ3n) is 1.73. The average molecular weight is 230 g/mol. The number of hydrogen-bond donors (Lipinski definition) is 0. The van der Waals surface area contributed by atoms with Crippen LogP contribution >= 0.6 is 0 Å². The minimum absolute atomic E-state index is 0. The van der Waals surface area contributed by atoms with Crippen LogP contribution in [0.3, 0.4) is 0 Å². The van der Waals surface area contributed by atoms with E-state index in [1.165, 1.54) is 0 Å².